The van der Waals surface area contributed by atoms with E-state index < -0.39 is 0 Å². The Labute approximate surface area is 132 Å². The maximum absolute atomic E-state index is 13.5. The Morgan fingerprint density at radius 1 is 1.43 bits per heavy atom. The van der Waals surface area contributed by atoms with Gasteiger partial charge in [-0.3, -0.25) is 9.69 Å². The van der Waals surface area contributed by atoms with Crippen molar-refractivity contribution in [2.45, 2.75) is 26.4 Å². The van der Waals surface area contributed by atoms with Crippen molar-refractivity contribution in [2.24, 2.45) is 0 Å². The predicted molar refractivity (Wildman–Crippen MR) is 82.6 cm³/mol. The van der Waals surface area contributed by atoms with E-state index >= 15 is 0 Å². The summed E-state index contributed by atoms with van der Waals surface area (Å²) in [4.78, 5) is 16.9. The lowest BCUT2D eigenvalue weighted by molar-refractivity contribution is 0.100. The molecule has 0 saturated heterocycles. The van der Waals surface area contributed by atoms with Gasteiger partial charge in [0.2, 0.25) is 0 Å². The Hall–Kier alpha value is -2.47. The van der Waals surface area contributed by atoms with Crippen molar-refractivity contribution >= 4 is 16.7 Å². The molecule has 0 saturated carbocycles. The highest BCUT2D eigenvalue weighted by Crippen LogP contribution is 2.29. The van der Waals surface area contributed by atoms with Crippen molar-refractivity contribution in [3.05, 3.63) is 52.8 Å². The Balaban J connectivity index is 1.59. The second-order valence-corrected chi connectivity index (χ2v) is 5.97. The topological polar surface area (TPSA) is 62.1 Å². The van der Waals surface area contributed by atoms with Gasteiger partial charge in [0.25, 0.3) is 0 Å². The molecule has 0 bridgehead atoms. The fourth-order valence-corrected chi connectivity index (χ4v) is 3.15. The number of Topliss-reactive ketones (excluding diaryl/α,β-unsaturated/α-hetero) is 1. The average molecular weight is 313 g/mol. The van der Waals surface area contributed by atoms with Crippen molar-refractivity contribution in [1.29, 1.82) is 0 Å². The molecule has 0 atom stereocenters. The molecule has 1 aliphatic rings. The van der Waals surface area contributed by atoms with Gasteiger partial charge in [-0.15, -0.1) is 0 Å². The van der Waals surface area contributed by atoms with E-state index in [4.69, 9.17) is 4.52 Å². The summed E-state index contributed by atoms with van der Waals surface area (Å²) in [5.41, 5.74) is 3.63. The van der Waals surface area contributed by atoms with Crippen LogP contribution in [0.4, 0.5) is 4.39 Å². The molecule has 3 aromatic rings. The standard InChI is InChI=1S/C17H16FN3O2/c1-10(22)17-7-12(23-20-17)8-21-5-4-16-14(9-21)13-6-11(18)2-3-15(13)19-16/h2-3,6-7,19H,4-5,8-9H2,1H3. The van der Waals surface area contributed by atoms with Crippen LogP contribution in [0.1, 0.15) is 34.4 Å². The minimum absolute atomic E-state index is 0.104. The summed E-state index contributed by atoms with van der Waals surface area (Å²) in [6.45, 7) is 3.64. The summed E-state index contributed by atoms with van der Waals surface area (Å²) < 4.78 is 18.7. The molecule has 1 aliphatic heterocycles. The van der Waals surface area contributed by atoms with Crippen LogP contribution in [0.15, 0.2) is 28.8 Å². The molecule has 5 nitrogen and oxygen atoms in total. The van der Waals surface area contributed by atoms with E-state index in [2.05, 4.69) is 15.0 Å². The number of carbonyl (C=O) groups is 1. The van der Waals surface area contributed by atoms with Gasteiger partial charge in [-0.05, 0) is 23.8 Å². The number of ketones is 1. The zero-order valence-corrected chi connectivity index (χ0v) is 12.7. The molecule has 0 radical (unpaired) electrons. The van der Waals surface area contributed by atoms with Crippen LogP contribution in [0, 0.1) is 5.82 Å². The summed E-state index contributed by atoms with van der Waals surface area (Å²) in [6, 6.07) is 6.52. The van der Waals surface area contributed by atoms with Crippen LogP contribution in [-0.2, 0) is 19.5 Å². The van der Waals surface area contributed by atoms with Gasteiger partial charge in [0.05, 0.1) is 6.54 Å². The van der Waals surface area contributed by atoms with Gasteiger partial charge in [-0.1, -0.05) is 5.16 Å². The van der Waals surface area contributed by atoms with Gasteiger partial charge >= 0.3 is 0 Å². The first-order valence-electron chi connectivity index (χ1n) is 7.58. The zero-order chi connectivity index (χ0) is 16.0. The zero-order valence-electron chi connectivity index (χ0n) is 12.7. The lowest BCUT2D eigenvalue weighted by Gasteiger charge is -2.25. The smallest absolute Gasteiger partial charge is 0.181 e. The third-order valence-electron chi connectivity index (χ3n) is 4.32. The minimum atomic E-state index is -0.224. The minimum Gasteiger partial charge on any atom is -0.359 e. The molecular formula is C17H16FN3O2. The predicted octanol–water partition coefficient (Wildman–Crippen LogP) is 3.06. The molecule has 3 heterocycles. The number of aromatic amines is 1. The van der Waals surface area contributed by atoms with E-state index in [1.54, 1.807) is 18.2 Å². The third-order valence-corrected chi connectivity index (χ3v) is 4.32. The maximum Gasteiger partial charge on any atom is 0.181 e. The highest BCUT2D eigenvalue weighted by Gasteiger charge is 2.22. The molecule has 0 fully saturated rings. The molecule has 0 aliphatic carbocycles. The first-order valence-corrected chi connectivity index (χ1v) is 7.58. The molecule has 0 amide bonds. The summed E-state index contributed by atoms with van der Waals surface area (Å²) >= 11 is 0. The quantitative estimate of drug-likeness (QED) is 0.755. The summed E-state index contributed by atoms with van der Waals surface area (Å²) in [7, 11) is 0. The molecular weight excluding hydrogens is 297 g/mol. The number of hydrogen-bond donors (Lipinski definition) is 1. The fraction of sp³-hybridized carbons (Fsp3) is 0.294. The van der Waals surface area contributed by atoms with E-state index in [1.165, 1.54) is 18.7 Å². The molecule has 6 heteroatoms. The van der Waals surface area contributed by atoms with Crippen molar-refractivity contribution in [2.75, 3.05) is 6.54 Å². The van der Waals surface area contributed by atoms with E-state index in [0.29, 0.717) is 18.0 Å². The Kier molecular flexibility index (Phi) is 3.27. The van der Waals surface area contributed by atoms with Crippen molar-refractivity contribution < 1.29 is 13.7 Å². The van der Waals surface area contributed by atoms with Crippen LogP contribution in [0.2, 0.25) is 0 Å². The largest absolute Gasteiger partial charge is 0.359 e. The number of hydrogen-bond acceptors (Lipinski definition) is 4. The highest BCUT2D eigenvalue weighted by atomic mass is 19.1. The molecule has 0 unspecified atom stereocenters. The first kappa shape index (κ1) is 14.1. The molecule has 1 N–H and O–H groups in total. The second-order valence-electron chi connectivity index (χ2n) is 5.97. The lowest BCUT2D eigenvalue weighted by Crippen LogP contribution is -2.29. The van der Waals surface area contributed by atoms with Gasteiger partial charge in [-0.2, -0.15) is 0 Å². The van der Waals surface area contributed by atoms with Crippen LogP contribution < -0.4 is 0 Å². The number of nitrogens with zero attached hydrogens (tertiary/aromatic N) is 2. The molecule has 4 rings (SSSR count). The van der Waals surface area contributed by atoms with Crippen LogP contribution in [0.25, 0.3) is 10.9 Å². The van der Waals surface area contributed by atoms with Crippen LogP contribution in [0.5, 0.6) is 0 Å². The number of nitrogens with one attached hydrogen (secondary N) is 1. The van der Waals surface area contributed by atoms with Crippen LogP contribution >= 0.6 is 0 Å². The van der Waals surface area contributed by atoms with E-state index in [0.717, 1.165) is 36.0 Å². The van der Waals surface area contributed by atoms with E-state index in [-0.39, 0.29) is 11.6 Å². The Bertz CT molecular complexity index is 897. The van der Waals surface area contributed by atoms with Gasteiger partial charge < -0.3 is 9.51 Å². The number of H-pyrrole nitrogens is 1. The molecule has 1 aromatic carbocycles. The summed E-state index contributed by atoms with van der Waals surface area (Å²) in [5.74, 6) is 0.343. The summed E-state index contributed by atoms with van der Waals surface area (Å²) in [6.07, 6.45) is 0.874. The summed E-state index contributed by atoms with van der Waals surface area (Å²) in [5, 5.41) is 4.71. The third kappa shape index (κ3) is 2.55. The monoisotopic (exact) mass is 313 g/mol. The Morgan fingerprint density at radius 3 is 3.09 bits per heavy atom. The first-order chi connectivity index (χ1) is 11.1. The SMILES string of the molecule is CC(=O)c1cc(CN2CCc3[nH]c4ccc(F)cc4c3C2)on1. The van der Waals surface area contributed by atoms with Gasteiger partial charge in [-0.25, -0.2) is 4.39 Å². The molecule has 2 aromatic heterocycles. The van der Waals surface area contributed by atoms with Gasteiger partial charge in [0.15, 0.2) is 11.5 Å². The number of fused-ring (bicyclic) bond motifs is 3. The van der Waals surface area contributed by atoms with E-state index in [9.17, 15) is 9.18 Å². The fourth-order valence-electron chi connectivity index (χ4n) is 3.15. The molecule has 0 spiro atoms. The number of aromatic nitrogens is 2. The van der Waals surface area contributed by atoms with Gasteiger partial charge in [0.1, 0.15) is 11.5 Å². The number of halogens is 1. The van der Waals surface area contributed by atoms with Crippen molar-refractivity contribution in [3.63, 3.8) is 0 Å². The normalized spacial score (nSPS) is 15.0. The highest BCUT2D eigenvalue weighted by molar-refractivity contribution is 5.91. The molecule has 23 heavy (non-hydrogen) atoms. The van der Waals surface area contributed by atoms with Crippen molar-refractivity contribution in [3.8, 4) is 0 Å². The second kappa shape index (κ2) is 5.31. The van der Waals surface area contributed by atoms with Gasteiger partial charge in [0, 0.05) is 49.1 Å². The average Bonchev–Trinajstić information content (AvgIpc) is 3.12. The van der Waals surface area contributed by atoms with Crippen LogP contribution in [-0.4, -0.2) is 27.4 Å². The molecule has 118 valence electrons. The van der Waals surface area contributed by atoms with Crippen molar-refractivity contribution in [1.82, 2.24) is 15.0 Å². The number of benzene rings is 1. The Morgan fingerprint density at radius 2 is 2.30 bits per heavy atom. The lowest BCUT2D eigenvalue weighted by atomic mass is 10.0. The maximum atomic E-state index is 13.5. The van der Waals surface area contributed by atoms with Crippen LogP contribution in [0.3, 0.4) is 0 Å². The number of carbonyl (C=O) groups excluding carboxylic acids is 1. The number of rotatable bonds is 3. The van der Waals surface area contributed by atoms with E-state index in [1.807, 2.05) is 0 Å².